The Kier molecular flexibility index (Phi) is 3.75. The Morgan fingerprint density at radius 1 is 1.33 bits per heavy atom. The summed E-state index contributed by atoms with van der Waals surface area (Å²) in [5.41, 5.74) is 1.15. The molecule has 1 aromatic carbocycles. The molecule has 1 aliphatic heterocycles. The van der Waals surface area contributed by atoms with Gasteiger partial charge >= 0.3 is 5.97 Å². The molecule has 5 nitrogen and oxygen atoms in total. The van der Waals surface area contributed by atoms with E-state index in [0.29, 0.717) is 41.1 Å². The highest BCUT2D eigenvalue weighted by Crippen LogP contribution is 2.38. The van der Waals surface area contributed by atoms with Gasteiger partial charge in [0.05, 0.1) is 11.3 Å². The Bertz CT molecular complexity index is 677. The van der Waals surface area contributed by atoms with Gasteiger partial charge in [0, 0.05) is 0 Å². The number of esters is 1. The highest BCUT2D eigenvalue weighted by molar-refractivity contribution is 6.32. The second-order valence-electron chi connectivity index (χ2n) is 4.57. The van der Waals surface area contributed by atoms with Crippen molar-refractivity contribution in [1.82, 2.24) is 0 Å². The molecule has 1 aromatic heterocycles. The molecule has 0 bridgehead atoms. The molecule has 0 saturated heterocycles. The summed E-state index contributed by atoms with van der Waals surface area (Å²) in [5.74, 6) is 1.19. The maximum atomic E-state index is 11.9. The molecule has 1 aliphatic rings. The number of hydrogen-bond donors (Lipinski definition) is 0. The average Bonchev–Trinajstić information content (AvgIpc) is 2.91. The van der Waals surface area contributed by atoms with Crippen molar-refractivity contribution in [2.45, 2.75) is 13.5 Å². The van der Waals surface area contributed by atoms with E-state index in [1.807, 2.05) is 0 Å². The van der Waals surface area contributed by atoms with Gasteiger partial charge < -0.3 is 18.6 Å². The molecule has 0 atom stereocenters. The SMILES string of the molecule is Cc1occc1C(=O)OCc1cc(Cl)c2c(c1)OCCO2. The Morgan fingerprint density at radius 2 is 2.14 bits per heavy atom. The summed E-state index contributed by atoms with van der Waals surface area (Å²) in [6.07, 6.45) is 1.45. The van der Waals surface area contributed by atoms with E-state index < -0.39 is 5.97 Å². The van der Waals surface area contributed by atoms with Crippen LogP contribution in [0.3, 0.4) is 0 Å². The van der Waals surface area contributed by atoms with Gasteiger partial charge in [0.2, 0.25) is 0 Å². The number of fused-ring (bicyclic) bond motifs is 1. The van der Waals surface area contributed by atoms with E-state index in [1.54, 1.807) is 25.1 Å². The van der Waals surface area contributed by atoms with Crippen molar-refractivity contribution in [3.63, 3.8) is 0 Å². The quantitative estimate of drug-likeness (QED) is 0.814. The number of halogens is 1. The molecular formula is C15H13ClO5. The summed E-state index contributed by atoms with van der Waals surface area (Å²) >= 11 is 6.13. The van der Waals surface area contributed by atoms with Gasteiger partial charge in [0.15, 0.2) is 11.5 Å². The van der Waals surface area contributed by atoms with E-state index in [9.17, 15) is 4.79 Å². The van der Waals surface area contributed by atoms with Crippen molar-refractivity contribution in [2.24, 2.45) is 0 Å². The maximum Gasteiger partial charge on any atom is 0.342 e. The fourth-order valence-electron chi connectivity index (χ4n) is 2.07. The largest absolute Gasteiger partial charge is 0.486 e. The smallest absolute Gasteiger partial charge is 0.342 e. The number of ether oxygens (including phenoxy) is 3. The molecule has 21 heavy (non-hydrogen) atoms. The molecule has 0 aliphatic carbocycles. The minimum Gasteiger partial charge on any atom is -0.486 e. The lowest BCUT2D eigenvalue weighted by Gasteiger charge is -2.20. The first-order valence-electron chi connectivity index (χ1n) is 6.44. The fraction of sp³-hybridized carbons (Fsp3) is 0.267. The van der Waals surface area contributed by atoms with Crippen LogP contribution >= 0.6 is 11.6 Å². The summed E-state index contributed by atoms with van der Waals surface area (Å²) in [5, 5.41) is 0.442. The van der Waals surface area contributed by atoms with Gasteiger partial charge in [-0.2, -0.15) is 0 Å². The van der Waals surface area contributed by atoms with Gasteiger partial charge in [-0.1, -0.05) is 11.6 Å². The van der Waals surface area contributed by atoms with Crippen LogP contribution in [-0.4, -0.2) is 19.2 Å². The summed E-state index contributed by atoms with van der Waals surface area (Å²) < 4.78 is 21.2. The molecule has 0 unspecified atom stereocenters. The second kappa shape index (κ2) is 5.69. The standard InChI is InChI=1S/C15H13ClO5/c1-9-11(2-3-18-9)15(17)21-8-10-6-12(16)14-13(7-10)19-4-5-20-14/h2-3,6-7H,4-5,8H2,1H3. The number of aryl methyl sites for hydroxylation is 1. The van der Waals surface area contributed by atoms with E-state index >= 15 is 0 Å². The monoisotopic (exact) mass is 308 g/mol. The molecule has 2 heterocycles. The molecule has 110 valence electrons. The van der Waals surface area contributed by atoms with Crippen molar-refractivity contribution < 1.29 is 23.4 Å². The number of carbonyl (C=O) groups excluding carboxylic acids is 1. The van der Waals surface area contributed by atoms with Crippen molar-refractivity contribution >= 4 is 17.6 Å². The topological polar surface area (TPSA) is 57.9 Å². The lowest BCUT2D eigenvalue weighted by atomic mass is 10.2. The summed E-state index contributed by atoms with van der Waals surface area (Å²) in [6.45, 7) is 2.75. The molecule has 0 spiro atoms. The molecule has 0 saturated carbocycles. The minimum absolute atomic E-state index is 0.0970. The number of hydrogen-bond acceptors (Lipinski definition) is 5. The van der Waals surface area contributed by atoms with Crippen molar-refractivity contribution in [3.8, 4) is 11.5 Å². The molecule has 0 amide bonds. The van der Waals surface area contributed by atoms with Gasteiger partial charge in [0.25, 0.3) is 0 Å². The van der Waals surface area contributed by atoms with Crippen LogP contribution in [0.4, 0.5) is 0 Å². The lowest BCUT2D eigenvalue weighted by Crippen LogP contribution is -2.16. The number of rotatable bonds is 3. The lowest BCUT2D eigenvalue weighted by molar-refractivity contribution is 0.0470. The predicted molar refractivity (Wildman–Crippen MR) is 75.0 cm³/mol. The predicted octanol–water partition coefficient (Wildman–Crippen LogP) is 3.37. The summed E-state index contributed by atoms with van der Waals surface area (Å²) in [4.78, 5) is 11.9. The number of furan rings is 1. The Morgan fingerprint density at radius 3 is 2.90 bits per heavy atom. The third-order valence-corrected chi connectivity index (χ3v) is 3.39. The summed E-state index contributed by atoms with van der Waals surface area (Å²) in [7, 11) is 0. The van der Waals surface area contributed by atoms with Crippen LogP contribution < -0.4 is 9.47 Å². The molecule has 0 radical (unpaired) electrons. The molecule has 2 aromatic rings. The second-order valence-corrected chi connectivity index (χ2v) is 4.98. The molecule has 6 heteroatoms. The number of carbonyl (C=O) groups is 1. The maximum absolute atomic E-state index is 11.9. The molecule has 0 N–H and O–H groups in total. The average molecular weight is 309 g/mol. The van der Waals surface area contributed by atoms with Crippen LogP contribution in [0.15, 0.2) is 28.9 Å². The van der Waals surface area contributed by atoms with Crippen molar-refractivity contribution in [3.05, 3.63) is 46.4 Å². The van der Waals surface area contributed by atoms with E-state index in [2.05, 4.69) is 0 Å². The molecular weight excluding hydrogens is 296 g/mol. The fourth-order valence-corrected chi connectivity index (χ4v) is 2.36. The Balaban J connectivity index is 1.72. The third-order valence-electron chi connectivity index (χ3n) is 3.11. The summed E-state index contributed by atoms with van der Waals surface area (Å²) in [6, 6.07) is 5.04. The Labute approximate surface area is 126 Å². The number of benzene rings is 1. The van der Waals surface area contributed by atoms with Crippen molar-refractivity contribution in [2.75, 3.05) is 13.2 Å². The van der Waals surface area contributed by atoms with E-state index in [4.69, 9.17) is 30.2 Å². The minimum atomic E-state index is -0.438. The van der Waals surface area contributed by atoms with E-state index in [0.717, 1.165) is 5.56 Å². The van der Waals surface area contributed by atoms with Crippen LogP contribution in [-0.2, 0) is 11.3 Å². The zero-order valence-electron chi connectivity index (χ0n) is 11.3. The first-order valence-corrected chi connectivity index (χ1v) is 6.82. The van der Waals surface area contributed by atoms with E-state index in [1.165, 1.54) is 6.26 Å². The van der Waals surface area contributed by atoms with E-state index in [-0.39, 0.29) is 6.61 Å². The molecule has 0 fully saturated rings. The van der Waals surface area contributed by atoms with Gasteiger partial charge in [-0.05, 0) is 30.7 Å². The van der Waals surface area contributed by atoms with Gasteiger partial charge in [-0.25, -0.2) is 4.79 Å². The van der Waals surface area contributed by atoms with Gasteiger partial charge in [-0.15, -0.1) is 0 Å². The first kappa shape index (κ1) is 13.8. The van der Waals surface area contributed by atoms with Crippen LogP contribution in [0.2, 0.25) is 5.02 Å². The highest BCUT2D eigenvalue weighted by atomic mass is 35.5. The highest BCUT2D eigenvalue weighted by Gasteiger charge is 2.18. The normalized spacial score (nSPS) is 13.0. The zero-order chi connectivity index (χ0) is 14.8. The van der Waals surface area contributed by atoms with Crippen molar-refractivity contribution in [1.29, 1.82) is 0 Å². The zero-order valence-corrected chi connectivity index (χ0v) is 12.1. The van der Waals surface area contributed by atoms with Gasteiger partial charge in [0.1, 0.15) is 31.1 Å². The third kappa shape index (κ3) is 2.83. The van der Waals surface area contributed by atoms with Crippen LogP contribution in [0.25, 0.3) is 0 Å². The van der Waals surface area contributed by atoms with Crippen LogP contribution in [0.5, 0.6) is 11.5 Å². The Hall–Kier alpha value is -2.14. The van der Waals surface area contributed by atoms with Crippen LogP contribution in [0, 0.1) is 6.92 Å². The van der Waals surface area contributed by atoms with Crippen LogP contribution in [0.1, 0.15) is 21.7 Å². The molecule has 3 rings (SSSR count). The first-order chi connectivity index (χ1) is 10.1. The van der Waals surface area contributed by atoms with Gasteiger partial charge in [-0.3, -0.25) is 0 Å².